The number of carbonyl (C=O) groups is 1. The van der Waals surface area contributed by atoms with Gasteiger partial charge >= 0.3 is 0 Å². The van der Waals surface area contributed by atoms with Gasteiger partial charge in [-0.1, -0.05) is 31.2 Å². The van der Waals surface area contributed by atoms with Gasteiger partial charge in [-0.3, -0.25) is 4.79 Å². The average Bonchev–Trinajstić information content (AvgIpc) is 2.64. The van der Waals surface area contributed by atoms with E-state index in [0.29, 0.717) is 6.42 Å². The maximum atomic E-state index is 12.5. The molecule has 0 amide bonds. The zero-order valence-electron chi connectivity index (χ0n) is 14.3. The number of benzene rings is 2. The Labute approximate surface area is 142 Å². The summed E-state index contributed by atoms with van der Waals surface area (Å²) in [7, 11) is 3.30. The third kappa shape index (κ3) is 3.29. The van der Waals surface area contributed by atoms with Crippen LogP contribution in [0.15, 0.2) is 48.5 Å². The van der Waals surface area contributed by atoms with Crippen molar-refractivity contribution >= 4 is 5.78 Å². The molecule has 3 atom stereocenters. The molecular weight excluding hydrogens is 302 g/mol. The average molecular weight is 325 g/mol. The van der Waals surface area contributed by atoms with Gasteiger partial charge in [0.05, 0.1) is 14.2 Å². The minimum atomic E-state index is -0.0482. The van der Waals surface area contributed by atoms with Crippen molar-refractivity contribution in [3.05, 3.63) is 59.7 Å². The predicted octanol–water partition coefficient (Wildman–Crippen LogP) is 3.68. The molecule has 0 spiro atoms. The highest BCUT2D eigenvalue weighted by molar-refractivity contribution is 5.83. The number of hydrogen-bond donors (Lipinski definition) is 1. The highest BCUT2D eigenvalue weighted by atomic mass is 16.5. The van der Waals surface area contributed by atoms with Gasteiger partial charge in [0.25, 0.3) is 0 Å². The Morgan fingerprint density at radius 2 is 1.38 bits per heavy atom. The third-order valence-corrected chi connectivity index (χ3v) is 4.79. The number of rotatable bonds is 4. The summed E-state index contributed by atoms with van der Waals surface area (Å²) in [4.78, 5) is 12.5. The Bertz CT molecular complexity index is 694. The monoisotopic (exact) mass is 325 g/mol. The number of ether oxygens (including phenoxy) is 2. The van der Waals surface area contributed by atoms with E-state index in [0.717, 1.165) is 22.6 Å². The summed E-state index contributed by atoms with van der Waals surface area (Å²) in [5.41, 5.74) is 2.21. The van der Waals surface area contributed by atoms with Crippen molar-refractivity contribution in [2.45, 2.75) is 25.4 Å². The highest BCUT2D eigenvalue weighted by Crippen LogP contribution is 2.35. The van der Waals surface area contributed by atoms with E-state index in [4.69, 9.17) is 9.47 Å². The molecule has 0 bridgehead atoms. The molecule has 1 N–H and O–H groups in total. The molecular formula is C20H23NO3. The molecule has 0 radical (unpaired) electrons. The van der Waals surface area contributed by atoms with Crippen molar-refractivity contribution in [2.75, 3.05) is 14.2 Å². The van der Waals surface area contributed by atoms with Crippen molar-refractivity contribution in [3.8, 4) is 11.5 Å². The van der Waals surface area contributed by atoms with E-state index >= 15 is 0 Å². The Hall–Kier alpha value is -2.33. The molecule has 2 aromatic carbocycles. The number of hydrogen-bond acceptors (Lipinski definition) is 4. The van der Waals surface area contributed by atoms with E-state index in [1.54, 1.807) is 14.2 Å². The summed E-state index contributed by atoms with van der Waals surface area (Å²) < 4.78 is 10.4. The second-order valence-electron chi connectivity index (χ2n) is 6.20. The molecule has 4 nitrogen and oxygen atoms in total. The second kappa shape index (κ2) is 7.05. The molecule has 1 aliphatic rings. The first kappa shape index (κ1) is 16.5. The van der Waals surface area contributed by atoms with Crippen LogP contribution in [-0.2, 0) is 4.79 Å². The number of piperidine rings is 1. The number of ketones is 1. The summed E-state index contributed by atoms with van der Waals surface area (Å²) in [6, 6.07) is 15.8. The number of nitrogens with one attached hydrogen (secondary N) is 1. The highest BCUT2D eigenvalue weighted by Gasteiger charge is 2.34. The van der Waals surface area contributed by atoms with E-state index < -0.39 is 0 Å². The summed E-state index contributed by atoms with van der Waals surface area (Å²) >= 11 is 0. The van der Waals surface area contributed by atoms with Crippen LogP contribution >= 0.6 is 0 Å². The molecule has 126 valence electrons. The number of carbonyl (C=O) groups excluding carboxylic acids is 1. The van der Waals surface area contributed by atoms with Crippen molar-refractivity contribution in [1.82, 2.24) is 5.32 Å². The lowest BCUT2D eigenvalue weighted by atomic mass is 9.82. The fourth-order valence-corrected chi connectivity index (χ4v) is 3.24. The second-order valence-corrected chi connectivity index (χ2v) is 6.20. The third-order valence-electron chi connectivity index (χ3n) is 4.79. The first-order valence-corrected chi connectivity index (χ1v) is 8.19. The molecule has 1 saturated heterocycles. The van der Waals surface area contributed by atoms with E-state index in [-0.39, 0.29) is 23.8 Å². The molecule has 1 aliphatic heterocycles. The molecule has 2 aromatic rings. The smallest absolute Gasteiger partial charge is 0.139 e. The van der Waals surface area contributed by atoms with Crippen molar-refractivity contribution < 1.29 is 14.3 Å². The van der Waals surface area contributed by atoms with Crippen molar-refractivity contribution in [3.63, 3.8) is 0 Å². The molecule has 0 saturated carbocycles. The van der Waals surface area contributed by atoms with Gasteiger partial charge in [0.2, 0.25) is 0 Å². The van der Waals surface area contributed by atoms with Crippen LogP contribution in [0.5, 0.6) is 11.5 Å². The minimum absolute atomic E-state index is 0.00394. The largest absolute Gasteiger partial charge is 0.497 e. The maximum absolute atomic E-state index is 12.5. The number of Topliss-reactive ketones (excluding diaryl/α,β-unsaturated/α-hetero) is 1. The van der Waals surface area contributed by atoms with Crippen LogP contribution in [0.3, 0.4) is 0 Å². The Balaban J connectivity index is 1.84. The molecule has 24 heavy (non-hydrogen) atoms. The quantitative estimate of drug-likeness (QED) is 0.931. The lowest BCUT2D eigenvalue weighted by Gasteiger charge is -2.35. The Morgan fingerprint density at radius 3 is 1.88 bits per heavy atom. The standard InChI is InChI=1S/C20H23NO3/c1-13-19(22)12-18(14-4-8-16(23-2)9-5-14)21-20(13)15-6-10-17(24-3)11-7-15/h4-11,13,18,20-21H,12H2,1-3H3/t13-,18-,20+/m0/s1. The van der Waals surface area contributed by atoms with Crippen molar-refractivity contribution in [2.24, 2.45) is 5.92 Å². The van der Waals surface area contributed by atoms with Gasteiger partial charge in [-0.15, -0.1) is 0 Å². The van der Waals surface area contributed by atoms with Crippen LogP contribution in [0.25, 0.3) is 0 Å². The van der Waals surface area contributed by atoms with Crippen LogP contribution < -0.4 is 14.8 Å². The minimum Gasteiger partial charge on any atom is -0.497 e. The maximum Gasteiger partial charge on any atom is 0.139 e. The van der Waals surface area contributed by atoms with Gasteiger partial charge in [-0.25, -0.2) is 0 Å². The van der Waals surface area contributed by atoms with Gasteiger partial charge in [-0.2, -0.15) is 0 Å². The van der Waals surface area contributed by atoms with Crippen LogP contribution in [0.1, 0.15) is 36.6 Å². The van der Waals surface area contributed by atoms with Gasteiger partial charge in [0.1, 0.15) is 17.3 Å². The molecule has 0 aromatic heterocycles. The molecule has 1 heterocycles. The fourth-order valence-electron chi connectivity index (χ4n) is 3.24. The van der Waals surface area contributed by atoms with Crippen LogP contribution in [0.2, 0.25) is 0 Å². The summed E-state index contributed by atoms with van der Waals surface area (Å²) in [6.45, 7) is 1.99. The van der Waals surface area contributed by atoms with Crippen molar-refractivity contribution in [1.29, 1.82) is 0 Å². The van der Waals surface area contributed by atoms with Crippen LogP contribution in [0, 0.1) is 5.92 Å². The Morgan fingerprint density at radius 1 is 0.875 bits per heavy atom. The summed E-state index contributed by atoms with van der Waals surface area (Å²) in [5, 5.41) is 3.64. The lowest BCUT2D eigenvalue weighted by molar-refractivity contribution is -0.126. The van der Waals surface area contributed by atoms with E-state index in [1.807, 2.05) is 55.5 Å². The van der Waals surface area contributed by atoms with Gasteiger partial charge in [0, 0.05) is 24.4 Å². The first-order chi connectivity index (χ1) is 11.6. The molecule has 3 rings (SSSR count). The molecule has 4 heteroatoms. The fraction of sp³-hybridized carbons (Fsp3) is 0.350. The molecule has 0 aliphatic carbocycles. The molecule has 1 fully saturated rings. The van der Waals surface area contributed by atoms with E-state index in [9.17, 15) is 4.79 Å². The predicted molar refractivity (Wildman–Crippen MR) is 93.4 cm³/mol. The number of methoxy groups -OCH3 is 2. The zero-order chi connectivity index (χ0) is 17.1. The van der Waals surface area contributed by atoms with Crippen LogP contribution in [0.4, 0.5) is 0 Å². The first-order valence-electron chi connectivity index (χ1n) is 8.19. The SMILES string of the molecule is COc1ccc([C@@H]2CC(=O)[C@H](C)[C@H](c3ccc(OC)cc3)N2)cc1. The van der Waals surface area contributed by atoms with E-state index in [2.05, 4.69) is 5.32 Å². The van der Waals surface area contributed by atoms with E-state index in [1.165, 1.54) is 0 Å². The van der Waals surface area contributed by atoms with Gasteiger partial charge in [-0.05, 0) is 35.4 Å². The normalized spacial score (nSPS) is 23.8. The summed E-state index contributed by atoms with van der Waals surface area (Å²) in [5.74, 6) is 1.88. The molecule has 0 unspecified atom stereocenters. The van der Waals surface area contributed by atoms with Crippen LogP contribution in [-0.4, -0.2) is 20.0 Å². The zero-order valence-corrected chi connectivity index (χ0v) is 14.3. The van der Waals surface area contributed by atoms with Gasteiger partial charge < -0.3 is 14.8 Å². The van der Waals surface area contributed by atoms with Gasteiger partial charge in [0.15, 0.2) is 0 Å². The Kier molecular flexibility index (Phi) is 4.86. The topological polar surface area (TPSA) is 47.6 Å². The lowest BCUT2D eigenvalue weighted by Crippen LogP contribution is -2.41. The summed E-state index contributed by atoms with van der Waals surface area (Å²) in [6.07, 6.45) is 0.514.